The summed E-state index contributed by atoms with van der Waals surface area (Å²) in [6.45, 7) is 9.27. The molecular weight excluding hydrogens is 412 g/mol. The minimum Gasteiger partial charge on any atom is -0.484 e. The Morgan fingerprint density at radius 3 is 2.16 bits per heavy atom. The molecule has 1 N–H and O–H groups in total. The van der Waals surface area contributed by atoms with Crippen molar-refractivity contribution < 1.29 is 17.9 Å². The molecule has 7 heteroatoms. The Balaban J connectivity index is 1.49. The van der Waals surface area contributed by atoms with Gasteiger partial charge in [0.05, 0.1) is 4.90 Å². The third-order valence-corrected chi connectivity index (χ3v) is 7.12. The van der Waals surface area contributed by atoms with Crippen molar-refractivity contribution in [2.75, 3.05) is 19.7 Å². The summed E-state index contributed by atoms with van der Waals surface area (Å²) in [6, 6.07) is 14.4. The molecule has 1 heterocycles. The van der Waals surface area contributed by atoms with E-state index < -0.39 is 10.0 Å². The van der Waals surface area contributed by atoms with Crippen LogP contribution in [0, 0.1) is 6.92 Å². The zero-order chi connectivity index (χ0) is 22.6. The zero-order valence-corrected chi connectivity index (χ0v) is 19.5. The summed E-state index contributed by atoms with van der Waals surface area (Å²) in [4.78, 5) is 14.4. The van der Waals surface area contributed by atoms with Crippen LogP contribution in [-0.2, 0) is 20.2 Å². The highest BCUT2D eigenvalue weighted by molar-refractivity contribution is 7.89. The maximum absolute atomic E-state index is 12.7. The lowest BCUT2D eigenvalue weighted by molar-refractivity contribution is -0.134. The van der Waals surface area contributed by atoms with Crippen molar-refractivity contribution in [3.63, 3.8) is 0 Å². The van der Waals surface area contributed by atoms with Crippen molar-refractivity contribution in [2.45, 2.75) is 56.9 Å². The van der Waals surface area contributed by atoms with Gasteiger partial charge >= 0.3 is 0 Å². The second-order valence-corrected chi connectivity index (χ2v) is 10.9. The molecule has 0 aromatic heterocycles. The second-order valence-electron chi connectivity index (χ2n) is 9.15. The van der Waals surface area contributed by atoms with Gasteiger partial charge in [-0.25, -0.2) is 13.1 Å². The molecular formula is C24H32N2O4S. The Morgan fingerprint density at radius 2 is 1.61 bits per heavy atom. The first-order valence-corrected chi connectivity index (χ1v) is 12.1. The van der Waals surface area contributed by atoms with E-state index in [1.807, 2.05) is 43.3 Å². The first kappa shape index (κ1) is 23.3. The predicted octanol–water partition coefficient (Wildman–Crippen LogP) is 3.64. The van der Waals surface area contributed by atoms with Crippen molar-refractivity contribution >= 4 is 15.9 Å². The summed E-state index contributed by atoms with van der Waals surface area (Å²) in [5, 5.41) is 0. The average molecular weight is 445 g/mol. The van der Waals surface area contributed by atoms with Crippen molar-refractivity contribution in [3.05, 3.63) is 59.7 Å². The smallest absolute Gasteiger partial charge is 0.260 e. The number of ether oxygens (including phenoxy) is 1. The molecule has 0 bridgehead atoms. The van der Waals surface area contributed by atoms with E-state index in [0.717, 1.165) is 11.1 Å². The number of sulfonamides is 1. The van der Waals surface area contributed by atoms with Gasteiger partial charge in [0, 0.05) is 19.1 Å². The molecule has 3 rings (SSSR count). The molecule has 168 valence electrons. The molecule has 0 radical (unpaired) electrons. The van der Waals surface area contributed by atoms with Gasteiger partial charge in [0.1, 0.15) is 5.75 Å². The van der Waals surface area contributed by atoms with Crippen molar-refractivity contribution in [2.24, 2.45) is 0 Å². The minimum atomic E-state index is -3.59. The molecule has 1 saturated heterocycles. The van der Waals surface area contributed by atoms with Crippen molar-refractivity contribution in [3.8, 4) is 5.75 Å². The average Bonchev–Trinajstić information content (AvgIpc) is 2.73. The van der Waals surface area contributed by atoms with Crippen LogP contribution in [0.15, 0.2) is 53.4 Å². The van der Waals surface area contributed by atoms with E-state index in [9.17, 15) is 13.2 Å². The first-order valence-electron chi connectivity index (χ1n) is 10.6. The van der Waals surface area contributed by atoms with Crippen LogP contribution in [0.4, 0.5) is 0 Å². The molecule has 0 atom stereocenters. The number of nitrogens with one attached hydrogen (secondary N) is 1. The van der Waals surface area contributed by atoms with Crippen LogP contribution in [0.25, 0.3) is 0 Å². The molecule has 2 aromatic carbocycles. The molecule has 1 amide bonds. The van der Waals surface area contributed by atoms with E-state index in [0.29, 0.717) is 31.7 Å². The van der Waals surface area contributed by atoms with Gasteiger partial charge in [-0.3, -0.25) is 4.79 Å². The van der Waals surface area contributed by atoms with Gasteiger partial charge in [0.2, 0.25) is 10.0 Å². The quantitative estimate of drug-likeness (QED) is 0.738. The van der Waals surface area contributed by atoms with Gasteiger partial charge in [-0.15, -0.1) is 0 Å². The summed E-state index contributed by atoms with van der Waals surface area (Å²) < 4.78 is 33.9. The normalized spacial score (nSPS) is 15.7. The highest BCUT2D eigenvalue weighted by Gasteiger charge is 2.27. The van der Waals surface area contributed by atoms with Crippen LogP contribution >= 0.6 is 0 Å². The highest BCUT2D eigenvalue weighted by Crippen LogP contribution is 2.24. The van der Waals surface area contributed by atoms with Crippen LogP contribution in [0.1, 0.15) is 44.7 Å². The third kappa shape index (κ3) is 6.31. The largest absolute Gasteiger partial charge is 0.484 e. The Bertz CT molecular complexity index is 985. The highest BCUT2D eigenvalue weighted by atomic mass is 32.2. The number of amides is 1. The summed E-state index contributed by atoms with van der Waals surface area (Å²) in [6.07, 6.45) is 1.16. The summed E-state index contributed by atoms with van der Waals surface area (Å²) in [5.74, 6) is 0.582. The molecule has 1 fully saturated rings. The number of rotatable bonds is 6. The Morgan fingerprint density at radius 1 is 1.03 bits per heavy atom. The first-order chi connectivity index (χ1) is 14.5. The lowest BCUT2D eigenvalue weighted by atomic mass is 9.87. The Hall–Kier alpha value is -2.38. The summed E-state index contributed by atoms with van der Waals surface area (Å²) >= 11 is 0. The standard InChI is InChI=1S/C24H32N2O4S/c1-18-5-9-21(10-6-18)30-17-23(27)26-15-13-20(14-16-26)25-31(28,29)22-11-7-19(8-12-22)24(2,3)4/h5-12,20,25H,13-17H2,1-4H3. The van der Waals surface area contributed by atoms with Crippen molar-refractivity contribution in [1.82, 2.24) is 9.62 Å². The summed E-state index contributed by atoms with van der Waals surface area (Å²) in [7, 11) is -3.59. The fourth-order valence-electron chi connectivity index (χ4n) is 3.54. The molecule has 1 aliphatic rings. The lowest BCUT2D eigenvalue weighted by Gasteiger charge is -2.32. The Labute approximate surface area is 185 Å². The molecule has 6 nitrogen and oxygen atoms in total. The lowest BCUT2D eigenvalue weighted by Crippen LogP contribution is -2.47. The predicted molar refractivity (Wildman–Crippen MR) is 122 cm³/mol. The number of carbonyl (C=O) groups is 1. The van der Waals surface area contributed by atoms with Gasteiger partial charge in [0.15, 0.2) is 6.61 Å². The number of nitrogens with zero attached hydrogens (tertiary/aromatic N) is 1. The SMILES string of the molecule is Cc1ccc(OCC(=O)N2CCC(NS(=O)(=O)c3ccc(C(C)(C)C)cc3)CC2)cc1. The topological polar surface area (TPSA) is 75.7 Å². The van der Waals surface area contributed by atoms with Gasteiger partial charge < -0.3 is 9.64 Å². The van der Waals surface area contributed by atoms with E-state index in [1.165, 1.54) is 0 Å². The zero-order valence-electron chi connectivity index (χ0n) is 18.7. The second kappa shape index (κ2) is 9.40. The minimum absolute atomic E-state index is 0.0143. The number of likely N-dealkylation sites (tertiary alicyclic amines) is 1. The van der Waals surface area contributed by atoms with Gasteiger partial charge in [-0.2, -0.15) is 0 Å². The number of hydrogen-bond donors (Lipinski definition) is 1. The molecule has 0 unspecified atom stereocenters. The van der Waals surface area contributed by atoms with Gasteiger partial charge in [-0.05, 0) is 55.0 Å². The van der Waals surface area contributed by atoms with Gasteiger partial charge in [-0.1, -0.05) is 50.6 Å². The van der Waals surface area contributed by atoms with E-state index in [1.54, 1.807) is 17.0 Å². The molecule has 2 aromatic rings. The molecule has 0 saturated carbocycles. The maximum Gasteiger partial charge on any atom is 0.260 e. The number of carbonyl (C=O) groups excluding carboxylic acids is 1. The third-order valence-electron chi connectivity index (χ3n) is 5.58. The van der Waals surface area contributed by atoms with E-state index in [4.69, 9.17) is 4.74 Å². The molecule has 1 aliphatic heterocycles. The number of benzene rings is 2. The van der Waals surface area contributed by atoms with E-state index in [-0.39, 0.29) is 28.9 Å². The molecule has 0 spiro atoms. The fourth-order valence-corrected chi connectivity index (χ4v) is 4.84. The van der Waals surface area contributed by atoms with Crippen LogP contribution in [0.5, 0.6) is 5.75 Å². The Kier molecular flexibility index (Phi) is 7.06. The number of piperidine rings is 1. The maximum atomic E-state index is 12.7. The van der Waals surface area contributed by atoms with Crippen molar-refractivity contribution in [1.29, 1.82) is 0 Å². The number of aryl methyl sites for hydroxylation is 1. The molecule has 0 aliphatic carbocycles. The monoisotopic (exact) mass is 444 g/mol. The fraction of sp³-hybridized carbons (Fsp3) is 0.458. The molecule has 31 heavy (non-hydrogen) atoms. The van der Waals surface area contributed by atoms with Crippen LogP contribution < -0.4 is 9.46 Å². The van der Waals surface area contributed by atoms with Crippen LogP contribution in [-0.4, -0.2) is 45.0 Å². The number of hydrogen-bond acceptors (Lipinski definition) is 4. The van der Waals surface area contributed by atoms with E-state index >= 15 is 0 Å². The van der Waals surface area contributed by atoms with Gasteiger partial charge in [0.25, 0.3) is 5.91 Å². The van der Waals surface area contributed by atoms with Crippen LogP contribution in [0.2, 0.25) is 0 Å². The summed E-state index contributed by atoms with van der Waals surface area (Å²) in [5.41, 5.74) is 2.19. The van der Waals surface area contributed by atoms with Crippen LogP contribution in [0.3, 0.4) is 0 Å². The van der Waals surface area contributed by atoms with E-state index in [2.05, 4.69) is 25.5 Å².